The van der Waals surface area contributed by atoms with Crippen LogP contribution in [0.25, 0.3) is 10.2 Å². The van der Waals surface area contributed by atoms with Gasteiger partial charge in [0.25, 0.3) is 0 Å². The number of likely N-dealkylation sites (tertiary alicyclic amines) is 1. The minimum absolute atomic E-state index is 0.00928. The number of fused-ring (bicyclic) bond motifs is 1. The summed E-state index contributed by atoms with van der Waals surface area (Å²) in [4.78, 5) is 32.7. The maximum Gasteiger partial charge on any atom is 0.305 e. The molecule has 4 rings (SSSR count). The van der Waals surface area contributed by atoms with Crippen LogP contribution in [0.3, 0.4) is 0 Å². The highest BCUT2D eigenvalue weighted by Gasteiger charge is 2.35. The molecule has 2 aliphatic heterocycles. The third-order valence-electron chi connectivity index (χ3n) is 5.47. The SMILES string of the molecule is O=C(O)C[C@@H]1CCCN1C(=O)C1CCN(c2nc3ccccc3s2)CC1. The van der Waals surface area contributed by atoms with Gasteiger partial charge in [-0.25, -0.2) is 4.98 Å². The van der Waals surface area contributed by atoms with Crippen molar-refractivity contribution in [2.45, 2.75) is 38.1 Å². The maximum atomic E-state index is 12.9. The molecule has 2 saturated heterocycles. The van der Waals surface area contributed by atoms with Crippen LogP contribution in [-0.2, 0) is 9.59 Å². The summed E-state index contributed by atoms with van der Waals surface area (Å²) in [7, 11) is 0. The van der Waals surface area contributed by atoms with Crippen molar-refractivity contribution in [2.24, 2.45) is 5.92 Å². The van der Waals surface area contributed by atoms with Crippen molar-refractivity contribution in [3.8, 4) is 0 Å². The van der Waals surface area contributed by atoms with Crippen molar-refractivity contribution >= 4 is 38.6 Å². The number of carboxylic acids is 1. The van der Waals surface area contributed by atoms with E-state index in [-0.39, 0.29) is 24.3 Å². The number of amides is 1. The molecule has 1 atom stereocenters. The number of anilines is 1. The van der Waals surface area contributed by atoms with Crippen LogP contribution in [-0.4, -0.2) is 52.5 Å². The first-order chi connectivity index (χ1) is 12.6. The van der Waals surface area contributed by atoms with E-state index >= 15 is 0 Å². The molecule has 1 N–H and O–H groups in total. The highest BCUT2D eigenvalue weighted by atomic mass is 32.1. The molecule has 0 spiro atoms. The van der Waals surface area contributed by atoms with Gasteiger partial charge in [-0.2, -0.15) is 0 Å². The van der Waals surface area contributed by atoms with E-state index in [1.165, 1.54) is 4.70 Å². The molecule has 26 heavy (non-hydrogen) atoms. The summed E-state index contributed by atoms with van der Waals surface area (Å²) in [5, 5.41) is 10.1. The molecular weight excluding hydrogens is 350 g/mol. The lowest BCUT2D eigenvalue weighted by Crippen LogP contribution is -2.45. The predicted octanol–water partition coefficient (Wildman–Crippen LogP) is 2.98. The van der Waals surface area contributed by atoms with E-state index in [4.69, 9.17) is 10.1 Å². The fourth-order valence-corrected chi connectivity index (χ4v) is 5.10. The monoisotopic (exact) mass is 373 g/mol. The zero-order valence-corrected chi connectivity index (χ0v) is 15.5. The van der Waals surface area contributed by atoms with Gasteiger partial charge in [-0.15, -0.1) is 0 Å². The number of nitrogens with zero attached hydrogens (tertiary/aromatic N) is 3. The van der Waals surface area contributed by atoms with Crippen molar-refractivity contribution in [3.05, 3.63) is 24.3 Å². The van der Waals surface area contributed by atoms with Crippen LogP contribution in [0.1, 0.15) is 32.1 Å². The van der Waals surface area contributed by atoms with E-state index < -0.39 is 5.97 Å². The number of hydrogen-bond donors (Lipinski definition) is 1. The van der Waals surface area contributed by atoms with Gasteiger partial charge >= 0.3 is 5.97 Å². The van der Waals surface area contributed by atoms with Crippen LogP contribution < -0.4 is 4.90 Å². The van der Waals surface area contributed by atoms with Crippen molar-refractivity contribution < 1.29 is 14.7 Å². The van der Waals surface area contributed by atoms with Gasteiger partial charge in [-0.3, -0.25) is 9.59 Å². The van der Waals surface area contributed by atoms with Crippen LogP contribution in [0.4, 0.5) is 5.13 Å². The fraction of sp³-hybridized carbons (Fsp3) is 0.526. The number of piperidine rings is 1. The molecule has 2 aliphatic rings. The Morgan fingerprint density at radius 2 is 1.92 bits per heavy atom. The minimum Gasteiger partial charge on any atom is -0.481 e. The number of carboxylic acid groups (broad SMARTS) is 1. The highest BCUT2D eigenvalue weighted by molar-refractivity contribution is 7.22. The van der Waals surface area contributed by atoms with Crippen LogP contribution in [0.15, 0.2) is 24.3 Å². The summed E-state index contributed by atoms with van der Waals surface area (Å²) in [5.41, 5.74) is 1.03. The Kier molecular flexibility index (Phi) is 4.80. The molecule has 7 heteroatoms. The standard InChI is InChI=1S/C19H23N3O3S/c23-17(24)12-14-4-3-9-22(14)18(25)13-7-10-21(11-8-13)19-20-15-5-1-2-6-16(15)26-19/h1-2,5-6,13-14H,3-4,7-12H2,(H,23,24)/t14-/m0/s1. The van der Waals surface area contributed by atoms with Gasteiger partial charge in [0.2, 0.25) is 5.91 Å². The first-order valence-electron chi connectivity index (χ1n) is 9.24. The Hall–Kier alpha value is -2.15. The van der Waals surface area contributed by atoms with Crippen LogP contribution in [0.5, 0.6) is 0 Å². The molecule has 0 bridgehead atoms. The molecule has 138 valence electrons. The second kappa shape index (κ2) is 7.23. The van der Waals surface area contributed by atoms with Gasteiger partial charge in [-0.05, 0) is 37.8 Å². The Bertz CT molecular complexity index is 780. The largest absolute Gasteiger partial charge is 0.481 e. The second-order valence-electron chi connectivity index (χ2n) is 7.15. The summed E-state index contributed by atoms with van der Waals surface area (Å²) < 4.78 is 1.19. The Balaban J connectivity index is 1.38. The number of aromatic nitrogens is 1. The van der Waals surface area contributed by atoms with Crippen LogP contribution >= 0.6 is 11.3 Å². The molecule has 0 radical (unpaired) electrons. The van der Waals surface area contributed by atoms with Gasteiger partial charge in [0.05, 0.1) is 16.6 Å². The second-order valence-corrected chi connectivity index (χ2v) is 8.16. The molecule has 2 fully saturated rings. The number of carbonyl (C=O) groups excluding carboxylic acids is 1. The minimum atomic E-state index is -0.819. The van der Waals surface area contributed by atoms with Crippen molar-refractivity contribution in [2.75, 3.05) is 24.5 Å². The molecule has 3 heterocycles. The molecule has 0 saturated carbocycles. The van der Waals surface area contributed by atoms with E-state index in [0.717, 1.165) is 49.4 Å². The van der Waals surface area contributed by atoms with Gasteiger partial charge in [-0.1, -0.05) is 23.5 Å². The van der Waals surface area contributed by atoms with Gasteiger partial charge < -0.3 is 14.9 Å². The molecule has 0 aliphatic carbocycles. The lowest BCUT2D eigenvalue weighted by Gasteiger charge is -2.34. The lowest BCUT2D eigenvalue weighted by molar-refractivity contribution is -0.141. The smallest absolute Gasteiger partial charge is 0.305 e. The lowest BCUT2D eigenvalue weighted by atomic mass is 9.95. The zero-order chi connectivity index (χ0) is 18.1. The van der Waals surface area contributed by atoms with Gasteiger partial charge in [0, 0.05) is 31.6 Å². The maximum absolute atomic E-state index is 12.9. The van der Waals surface area contributed by atoms with E-state index in [9.17, 15) is 9.59 Å². The number of rotatable bonds is 4. The third-order valence-corrected chi connectivity index (χ3v) is 6.56. The van der Waals surface area contributed by atoms with Crippen molar-refractivity contribution in [3.63, 3.8) is 0 Å². The topological polar surface area (TPSA) is 73.7 Å². The predicted molar refractivity (Wildman–Crippen MR) is 102 cm³/mol. The average molecular weight is 373 g/mol. The summed E-state index contributed by atoms with van der Waals surface area (Å²) in [6.45, 7) is 2.36. The van der Waals surface area contributed by atoms with Crippen LogP contribution in [0.2, 0.25) is 0 Å². The first-order valence-corrected chi connectivity index (χ1v) is 10.1. The zero-order valence-electron chi connectivity index (χ0n) is 14.6. The summed E-state index contributed by atoms with van der Waals surface area (Å²) in [6, 6.07) is 8.02. The fourth-order valence-electron chi connectivity index (χ4n) is 4.09. The number of para-hydroxylation sites is 1. The number of aliphatic carboxylic acids is 1. The van der Waals surface area contributed by atoms with Crippen LogP contribution in [0, 0.1) is 5.92 Å². The van der Waals surface area contributed by atoms with Gasteiger partial charge in [0.15, 0.2) is 5.13 Å². The Labute approximate surface area is 156 Å². The number of benzene rings is 1. The molecule has 1 amide bonds. The van der Waals surface area contributed by atoms with E-state index in [1.807, 2.05) is 23.1 Å². The number of carbonyl (C=O) groups is 2. The molecule has 2 aromatic rings. The molecule has 6 nitrogen and oxygen atoms in total. The average Bonchev–Trinajstić information content (AvgIpc) is 3.27. The van der Waals surface area contributed by atoms with E-state index in [0.29, 0.717) is 6.54 Å². The Morgan fingerprint density at radius 1 is 1.15 bits per heavy atom. The summed E-state index contributed by atoms with van der Waals surface area (Å²) >= 11 is 1.70. The highest BCUT2D eigenvalue weighted by Crippen LogP contribution is 2.32. The van der Waals surface area contributed by atoms with E-state index in [1.54, 1.807) is 11.3 Å². The molecule has 0 unspecified atom stereocenters. The van der Waals surface area contributed by atoms with E-state index in [2.05, 4.69) is 11.0 Å². The number of thiazole rings is 1. The molecular formula is C19H23N3O3S. The summed E-state index contributed by atoms with van der Waals surface area (Å²) in [5.74, 6) is -0.659. The van der Waals surface area contributed by atoms with Crippen molar-refractivity contribution in [1.29, 1.82) is 0 Å². The quantitative estimate of drug-likeness (QED) is 0.892. The normalized spacial score (nSPS) is 21.5. The van der Waals surface area contributed by atoms with Crippen molar-refractivity contribution in [1.82, 2.24) is 9.88 Å². The first kappa shape index (κ1) is 17.3. The third kappa shape index (κ3) is 3.40. The van der Waals surface area contributed by atoms with Gasteiger partial charge in [0.1, 0.15) is 0 Å². The summed E-state index contributed by atoms with van der Waals surface area (Å²) in [6.07, 6.45) is 3.41. The molecule has 1 aromatic carbocycles. The Morgan fingerprint density at radius 3 is 2.65 bits per heavy atom. The molecule has 1 aromatic heterocycles. The number of hydrogen-bond acceptors (Lipinski definition) is 5.